The fourth-order valence-corrected chi connectivity index (χ4v) is 2.86. The van der Waals surface area contributed by atoms with E-state index >= 15 is 0 Å². The second kappa shape index (κ2) is 4.76. The molecule has 1 aliphatic carbocycles. The molecule has 1 heterocycles. The number of carbonyl (C=O) groups excluding carboxylic acids is 1. The zero-order valence-corrected chi connectivity index (χ0v) is 11.0. The average molecular weight is 272 g/mol. The van der Waals surface area contributed by atoms with Crippen molar-refractivity contribution in [3.05, 3.63) is 45.7 Å². The molecule has 0 bridgehead atoms. The number of para-hydroxylation sites is 1. The van der Waals surface area contributed by atoms with Crippen molar-refractivity contribution in [1.82, 2.24) is 4.57 Å². The maximum Gasteiger partial charge on any atom is 0.264 e. The van der Waals surface area contributed by atoms with Crippen LogP contribution < -0.4 is 11.3 Å². The third kappa shape index (κ3) is 1.74. The van der Waals surface area contributed by atoms with E-state index < -0.39 is 5.91 Å². The number of pyridine rings is 1. The van der Waals surface area contributed by atoms with E-state index in [0.717, 1.165) is 30.2 Å². The highest BCUT2D eigenvalue weighted by Crippen LogP contribution is 2.33. The molecular weight excluding hydrogens is 256 g/mol. The standard InChI is InChI=1S/C15H16N2O3/c16-14(19)13-11(8-18)10-6-1-2-7-12(10)17(15(13)20)9-4-3-5-9/h1-2,6-7,9,18H,3-5,8H2,(H2,16,19). The van der Waals surface area contributed by atoms with Crippen molar-refractivity contribution in [3.63, 3.8) is 0 Å². The molecule has 2 aromatic rings. The molecule has 1 aromatic heterocycles. The van der Waals surface area contributed by atoms with Crippen LogP contribution in [0.4, 0.5) is 0 Å². The van der Waals surface area contributed by atoms with Crippen molar-refractivity contribution < 1.29 is 9.90 Å². The summed E-state index contributed by atoms with van der Waals surface area (Å²) < 4.78 is 1.66. The van der Waals surface area contributed by atoms with Gasteiger partial charge in [0, 0.05) is 17.0 Å². The van der Waals surface area contributed by atoms with Crippen LogP contribution in [-0.4, -0.2) is 15.6 Å². The van der Waals surface area contributed by atoms with Gasteiger partial charge >= 0.3 is 0 Å². The Kier molecular flexibility index (Phi) is 3.06. The van der Waals surface area contributed by atoms with E-state index in [4.69, 9.17) is 5.73 Å². The summed E-state index contributed by atoms with van der Waals surface area (Å²) in [5.41, 5.74) is 5.97. The molecule has 104 valence electrons. The fourth-order valence-electron chi connectivity index (χ4n) is 2.86. The quantitative estimate of drug-likeness (QED) is 0.883. The summed E-state index contributed by atoms with van der Waals surface area (Å²) in [5, 5.41) is 10.3. The van der Waals surface area contributed by atoms with Crippen LogP contribution in [0.25, 0.3) is 10.9 Å². The summed E-state index contributed by atoms with van der Waals surface area (Å²) in [6, 6.07) is 7.45. The van der Waals surface area contributed by atoms with Gasteiger partial charge < -0.3 is 15.4 Å². The van der Waals surface area contributed by atoms with Gasteiger partial charge in [0.2, 0.25) is 0 Å². The van der Waals surface area contributed by atoms with Gasteiger partial charge in [-0.3, -0.25) is 9.59 Å². The number of benzene rings is 1. The number of rotatable bonds is 3. The summed E-state index contributed by atoms with van der Waals surface area (Å²) in [5.74, 6) is -0.780. The van der Waals surface area contributed by atoms with Crippen molar-refractivity contribution in [2.24, 2.45) is 5.73 Å². The Morgan fingerprint density at radius 3 is 2.60 bits per heavy atom. The van der Waals surface area contributed by atoms with Crippen LogP contribution in [0, 0.1) is 0 Å². The molecule has 0 radical (unpaired) electrons. The molecule has 20 heavy (non-hydrogen) atoms. The molecule has 3 rings (SSSR count). The Balaban J connectivity index is 2.45. The first-order valence-electron chi connectivity index (χ1n) is 6.72. The summed E-state index contributed by atoms with van der Waals surface area (Å²) in [6.45, 7) is -0.375. The van der Waals surface area contributed by atoms with Crippen molar-refractivity contribution in [1.29, 1.82) is 0 Å². The second-order valence-electron chi connectivity index (χ2n) is 5.15. The third-order valence-electron chi connectivity index (χ3n) is 4.07. The molecule has 5 heteroatoms. The van der Waals surface area contributed by atoms with Crippen molar-refractivity contribution >= 4 is 16.8 Å². The lowest BCUT2D eigenvalue weighted by Crippen LogP contribution is -2.36. The number of hydrogen-bond acceptors (Lipinski definition) is 3. The van der Waals surface area contributed by atoms with Crippen LogP contribution in [0.3, 0.4) is 0 Å². The maximum atomic E-state index is 12.6. The molecule has 1 aliphatic rings. The Labute approximate surface area is 115 Å². The SMILES string of the molecule is NC(=O)c1c(CO)c2ccccc2n(C2CCC2)c1=O. The van der Waals surface area contributed by atoms with Crippen molar-refractivity contribution in [2.75, 3.05) is 0 Å². The molecule has 0 saturated heterocycles. The highest BCUT2D eigenvalue weighted by molar-refractivity contribution is 5.99. The van der Waals surface area contributed by atoms with E-state index in [2.05, 4.69) is 0 Å². The first kappa shape index (κ1) is 12.9. The van der Waals surface area contributed by atoms with Crippen LogP contribution in [-0.2, 0) is 6.61 Å². The topological polar surface area (TPSA) is 85.3 Å². The number of nitrogens with two attached hydrogens (primary N) is 1. The van der Waals surface area contributed by atoms with E-state index in [1.54, 1.807) is 4.57 Å². The maximum absolute atomic E-state index is 12.6. The van der Waals surface area contributed by atoms with Gasteiger partial charge in [0.15, 0.2) is 0 Å². The van der Waals surface area contributed by atoms with E-state index in [0.29, 0.717) is 5.56 Å². The normalized spacial score (nSPS) is 15.2. The van der Waals surface area contributed by atoms with Crippen LogP contribution in [0.1, 0.15) is 41.2 Å². The molecule has 1 fully saturated rings. The number of carbonyl (C=O) groups is 1. The Morgan fingerprint density at radius 1 is 1.35 bits per heavy atom. The Bertz CT molecular complexity index is 745. The molecule has 1 aromatic carbocycles. The predicted molar refractivity (Wildman–Crippen MR) is 75.5 cm³/mol. The minimum absolute atomic E-state index is 0.0851. The number of aromatic nitrogens is 1. The zero-order valence-electron chi connectivity index (χ0n) is 11.0. The van der Waals surface area contributed by atoms with E-state index in [1.165, 1.54) is 0 Å². The Morgan fingerprint density at radius 2 is 2.05 bits per heavy atom. The van der Waals surface area contributed by atoms with E-state index in [9.17, 15) is 14.7 Å². The third-order valence-corrected chi connectivity index (χ3v) is 4.07. The van der Waals surface area contributed by atoms with Gasteiger partial charge in [0.05, 0.1) is 12.1 Å². The molecular formula is C15H16N2O3. The summed E-state index contributed by atoms with van der Waals surface area (Å²) in [7, 11) is 0. The van der Waals surface area contributed by atoms with Crippen molar-refractivity contribution in [3.8, 4) is 0 Å². The number of aliphatic hydroxyl groups excluding tert-OH is 1. The number of fused-ring (bicyclic) bond motifs is 1. The monoisotopic (exact) mass is 272 g/mol. The lowest BCUT2D eigenvalue weighted by molar-refractivity contribution is 0.0995. The molecule has 0 unspecified atom stereocenters. The second-order valence-corrected chi connectivity index (χ2v) is 5.15. The van der Waals surface area contributed by atoms with E-state index in [1.807, 2.05) is 24.3 Å². The van der Waals surface area contributed by atoms with Gasteiger partial charge in [0.25, 0.3) is 11.5 Å². The summed E-state index contributed by atoms with van der Waals surface area (Å²) >= 11 is 0. The molecule has 0 spiro atoms. The largest absolute Gasteiger partial charge is 0.392 e. The van der Waals surface area contributed by atoms with Crippen LogP contribution in [0.15, 0.2) is 29.1 Å². The number of primary amides is 1. The molecule has 3 N–H and O–H groups in total. The van der Waals surface area contributed by atoms with Gasteiger partial charge in [-0.15, -0.1) is 0 Å². The molecule has 5 nitrogen and oxygen atoms in total. The van der Waals surface area contributed by atoms with E-state index in [-0.39, 0.29) is 23.8 Å². The first-order valence-corrected chi connectivity index (χ1v) is 6.72. The lowest BCUT2D eigenvalue weighted by Gasteiger charge is -2.30. The van der Waals surface area contributed by atoms with Gasteiger partial charge in [-0.05, 0) is 25.3 Å². The lowest BCUT2D eigenvalue weighted by atomic mass is 9.91. The first-order chi connectivity index (χ1) is 9.65. The van der Waals surface area contributed by atoms with Gasteiger partial charge in [-0.1, -0.05) is 18.2 Å². The van der Waals surface area contributed by atoms with Crippen LogP contribution in [0.2, 0.25) is 0 Å². The number of amides is 1. The Hall–Kier alpha value is -2.14. The number of aliphatic hydroxyl groups is 1. The van der Waals surface area contributed by atoms with Gasteiger partial charge in [0.1, 0.15) is 5.56 Å². The highest BCUT2D eigenvalue weighted by Gasteiger charge is 2.26. The van der Waals surface area contributed by atoms with Crippen LogP contribution >= 0.6 is 0 Å². The predicted octanol–water partition coefficient (Wildman–Crippen LogP) is 1.32. The number of hydrogen-bond donors (Lipinski definition) is 2. The molecule has 0 atom stereocenters. The van der Waals surface area contributed by atoms with Gasteiger partial charge in [-0.2, -0.15) is 0 Å². The zero-order chi connectivity index (χ0) is 14.3. The minimum Gasteiger partial charge on any atom is -0.392 e. The molecule has 1 amide bonds. The fraction of sp³-hybridized carbons (Fsp3) is 0.333. The van der Waals surface area contributed by atoms with Crippen molar-refractivity contribution in [2.45, 2.75) is 31.9 Å². The van der Waals surface area contributed by atoms with Gasteiger partial charge in [-0.25, -0.2) is 0 Å². The molecule has 1 saturated carbocycles. The summed E-state index contributed by atoms with van der Waals surface area (Å²) in [6.07, 6.45) is 2.94. The minimum atomic E-state index is -0.780. The molecule has 0 aliphatic heterocycles. The highest BCUT2D eigenvalue weighted by atomic mass is 16.3. The summed E-state index contributed by atoms with van der Waals surface area (Å²) in [4.78, 5) is 24.2. The average Bonchev–Trinajstić information content (AvgIpc) is 2.38. The van der Waals surface area contributed by atoms with Crippen LogP contribution in [0.5, 0.6) is 0 Å². The number of nitrogens with zero attached hydrogens (tertiary/aromatic N) is 1. The smallest absolute Gasteiger partial charge is 0.264 e.